The van der Waals surface area contributed by atoms with Crippen molar-refractivity contribution >= 4 is 5.91 Å². The molecule has 1 aliphatic rings. The number of fused-ring (bicyclic) bond motifs is 1. The van der Waals surface area contributed by atoms with Crippen LogP contribution >= 0.6 is 0 Å². The average molecular weight is 327 g/mol. The van der Waals surface area contributed by atoms with E-state index < -0.39 is 0 Å². The molecule has 1 atom stereocenters. The van der Waals surface area contributed by atoms with Crippen molar-refractivity contribution in [1.29, 1.82) is 0 Å². The number of nitrogens with zero attached hydrogens (tertiary/aromatic N) is 4. The van der Waals surface area contributed by atoms with Gasteiger partial charge >= 0.3 is 0 Å². The second-order valence-electron chi connectivity index (χ2n) is 5.79. The summed E-state index contributed by atoms with van der Waals surface area (Å²) >= 11 is 0. The highest BCUT2D eigenvalue weighted by atomic mass is 16.5. The molecule has 24 heavy (non-hydrogen) atoms. The third-order valence-corrected chi connectivity index (χ3v) is 4.08. The quantitative estimate of drug-likeness (QED) is 0.764. The van der Waals surface area contributed by atoms with Crippen LogP contribution in [0.15, 0.2) is 39.7 Å². The van der Waals surface area contributed by atoms with Crippen LogP contribution in [0.2, 0.25) is 0 Å². The highest BCUT2D eigenvalue weighted by Crippen LogP contribution is 2.16. The average Bonchev–Trinajstić information content (AvgIpc) is 3.32. The third kappa shape index (κ3) is 3.08. The van der Waals surface area contributed by atoms with Crippen LogP contribution in [0.5, 0.6) is 0 Å². The van der Waals surface area contributed by atoms with Crippen molar-refractivity contribution in [2.75, 3.05) is 0 Å². The molecule has 0 radical (unpaired) electrons. The molecule has 3 aromatic rings. The molecule has 4 heterocycles. The lowest BCUT2D eigenvalue weighted by molar-refractivity contribution is -0.122. The number of nitrogens with one attached hydrogen (secondary N) is 1. The number of carbonyl (C=O) groups is 1. The number of amides is 1. The summed E-state index contributed by atoms with van der Waals surface area (Å²) in [7, 11) is 0. The molecule has 1 aliphatic heterocycles. The molecule has 0 saturated heterocycles. The first-order valence-corrected chi connectivity index (χ1v) is 7.94. The van der Waals surface area contributed by atoms with E-state index in [1.54, 1.807) is 24.6 Å². The number of imidazole rings is 1. The van der Waals surface area contributed by atoms with Gasteiger partial charge in [0.1, 0.15) is 5.82 Å². The first-order valence-electron chi connectivity index (χ1n) is 7.94. The Morgan fingerprint density at radius 2 is 2.42 bits per heavy atom. The zero-order valence-electron chi connectivity index (χ0n) is 13.0. The Kier molecular flexibility index (Phi) is 3.86. The zero-order valence-corrected chi connectivity index (χ0v) is 13.0. The highest BCUT2D eigenvalue weighted by molar-refractivity contribution is 5.76. The molecule has 0 spiro atoms. The van der Waals surface area contributed by atoms with Crippen LogP contribution in [0.25, 0.3) is 11.6 Å². The first kappa shape index (κ1) is 14.7. The van der Waals surface area contributed by atoms with Crippen LogP contribution < -0.4 is 5.32 Å². The van der Waals surface area contributed by atoms with Crippen molar-refractivity contribution < 1.29 is 13.7 Å². The van der Waals surface area contributed by atoms with Crippen LogP contribution in [-0.4, -0.2) is 31.6 Å². The predicted molar refractivity (Wildman–Crippen MR) is 82.8 cm³/mol. The molecule has 3 aromatic heterocycles. The van der Waals surface area contributed by atoms with E-state index in [9.17, 15) is 4.79 Å². The summed E-state index contributed by atoms with van der Waals surface area (Å²) in [5.41, 5.74) is 0. The topological polar surface area (TPSA) is 99.0 Å². The van der Waals surface area contributed by atoms with Gasteiger partial charge in [0.15, 0.2) is 5.76 Å². The summed E-state index contributed by atoms with van der Waals surface area (Å²) < 4.78 is 12.4. The molecule has 0 bridgehead atoms. The maximum absolute atomic E-state index is 12.1. The fourth-order valence-electron chi connectivity index (χ4n) is 2.87. The van der Waals surface area contributed by atoms with Gasteiger partial charge in [-0.3, -0.25) is 4.79 Å². The van der Waals surface area contributed by atoms with Crippen LogP contribution in [0, 0.1) is 0 Å². The van der Waals surface area contributed by atoms with E-state index in [0.29, 0.717) is 30.3 Å². The van der Waals surface area contributed by atoms with Gasteiger partial charge in [-0.15, -0.1) is 0 Å². The summed E-state index contributed by atoms with van der Waals surface area (Å²) in [4.78, 5) is 20.6. The minimum Gasteiger partial charge on any atom is -0.461 e. The van der Waals surface area contributed by atoms with Crippen LogP contribution in [-0.2, 0) is 24.2 Å². The molecule has 0 aliphatic carbocycles. The normalized spacial score (nSPS) is 16.8. The zero-order chi connectivity index (χ0) is 16.4. The second-order valence-corrected chi connectivity index (χ2v) is 5.79. The Morgan fingerprint density at radius 3 is 3.29 bits per heavy atom. The van der Waals surface area contributed by atoms with E-state index in [1.807, 2.05) is 6.20 Å². The predicted octanol–water partition coefficient (Wildman–Crippen LogP) is 1.59. The van der Waals surface area contributed by atoms with Crippen molar-refractivity contribution in [3.63, 3.8) is 0 Å². The van der Waals surface area contributed by atoms with Gasteiger partial charge in [0, 0.05) is 44.2 Å². The van der Waals surface area contributed by atoms with E-state index in [0.717, 1.165) is 25.2 Å². The maximum atomic E-state index is 12.1. The molecule has 0 unspecified atom stereocenters. The molecular formula is C16H17N5O3. The molecule has 0 saturated carbocycles. The highest BCUT2D eigenvalue weighted by Gasteiger charge is 2.20. The van der Waals surface area contributed by atoms with E-state index >= 15 is 0 Å². The van der Waals surface area contributed by atoms with Crippen molar-refractivity contribution in [3.05, 3.63) is 42.5 Å². The summed E-state index contributed by atoms with van der Waals surface area (Å²) in [5, 5.41) is 6.91. The molecule has 0 aromatic carbocycles. The number of aromatic nitrogens is 4. The molecule has 1 N–H and O–H groups in total. The van der Waals surface area contributed by atoms with Crippen LogP contribution in [0.4, 0.5) is 0 Å². The van der Waals surface area contributed by atoms with Gasteiger partial charge in [0.25, 0.3) is 0 Å². The van der Waals surface area contributed by atoms with Gasteiger partial charge < -0.3 is 18.8 Å². The number of aryl methyl sites for hydroxylation is 2. The van der Waals surface area contributed by atoms with Gasteiger partial charge in [0.05, 0.1) is 6.26 Å². The maximum Gasteiger partial charge on any atom is 0.238 e. The molecule has 8 nitrogen and oxygen atoms in total. The molecule has 124 valence electrons. The SMILES string of the molecule is O=C(CCc1nc(-c2ccco2)no1)N[C@@H]1CCc2nccn2C1. The lowest BCUT2D eigenvalue weighted by Crippen LogP contribution is -2.41. The van der Waals surface area contributed by atoms with Crippen molar-refractivity contribution in [2.24, 2.45) is 0 Å². The minimum absolute atomic E-state index is 0.0127. The van der Waals surface area contributed by atoms with E-state index in [1.165, 1.54) is 0 Å². The van der Waals surface area contributed by atoms with E-state index in [2.05, 4.69) is 25.0 Å². The number of hydrogen-bond donors (Lipinski definition) is 1. The molecule has 4 rings (SSSR count). The lowest BCUT2D eigenvalue weighted by Gasteiger charge is -2.24. The number of hydrogen-bond acceptors (Lipinski definition) is 6. The summed E-state index contributed by atoms with van der Waals surface area (Å²) in [6.45, 7) is 0.768. The fourth-order valence-corrected chi connectivity index (χ4v) is 2.87. The number of carbonyl (C=O) groups excluding carboxylic acids is 1. The monoisotopic (exact) mass is 327 g/mol. The van der Waals surface area contributed by atoms with Crippen molar-refractivity contribution in [1.82, 2.24) is 25.0 Å². The molecular weight excluding hydrogens is 310 g/mol. The Morgan fingerprint density at radius 1 is 1.46 bits per heavy atom. The Labute approximate surface area is 137 Å². The fraction of sp³-hybridized carbons (Fsp3) is 0.375. The standard InChI is InChI=1S/C16H17N5O3/c22-14(18-11-3-4-13-17-7-8-21(13)10-11)5-6-15-19-16(20-24-15)12-2-1-9-23-12/h1-2,7-9,11H,3-6,10H2,(H,18,22)/t11-/m1/s1. The minimum atomic E-state index is -0.0127. The van der Waals surface area contributed by atoms with Crippen molar-refractivity contribution in [2.45, 2.75) is 38.3 Å². The Balaban J connectivity index is 1.28. The second kappa shape index (κ2) is 6.31. The van der Waals surface area contributed by atoms with Gasteiger partial charge in [-0.25, -0.2) is 4.98 Å². The molecule has 8 heteroatoms. The molecule has 0 fully saturated rings. The number of rotatable bonds is 5. The van der Waals surface area contributed by atoms with E-state index in [4.69, 9.17) is 8.94 Å². The lowest BCUT2D eigenvalue weighted by atomic mass is 10.1. The largest absolute Gasteiger partial charge is 0.461 e. The van der Waals surface area contributed by atoms with Crippen molar-refractivity contribution in [3.8, 4) is 11.6 Å². The van der Waals surface area contributed by atoms with Crippen LogP contribution in [0.3, 0.4) is 0 Å². The van der Waals surface area contributed by atoms with Crippen LogP contribution in [0.1, 0.15) is 24.6 Å². The van der Waals surface area contributed by atoms with Gasteiger partial charge in [-0.05, 0) is 18.6 Å². The van der Waals surface area contributed by atoms with E-state index in [-0.39, 0.29) is 11.9 Å². The number of furan rings is 1. The summed E-state index contributed by atoms with van der Waals surface area (Å²) in [5.74, 6) is 2.44. The van der Waals surface area contributed by atoms with Gasteiger partial charge in [0.2, 0.25) is 17.6 Å². The Hall–Kier alpha value is -2.90. The summed E-state index contributed by atoms with van der Waals surface area (Å²) in [6, 6.07) is 3.66. The first-order chi connectivity index (χ1) is 11.8. The Bertz CT molecular complexity index is 821. The molecule has 1 amide bonds. The van der Waals surface area contributed by atoms with Gasteiger partial charge in [-0.2, -0.15) is 4.98 Å². The summed E-state index contributed by atoms with van der Waals surface area (Å²) in [6.07, 6.45) is 7.80. The smallest absolute Gasteiger partial charge is 0.238 e. The van der Waals surface area contributed by atoms with Gasteiger partial charge in [-0.1, -0.05) is 5.16 Å². The third-order valence-electron chi connectivity index (χ3n) is 4.08.